The average Bonchev–Trinajstić information content (AvgIpc) is 3.23. The lowest BCUT2D eigenvalue weighted by Gasteiger charge is -2.34. The summed E-state index contributed by atoms with van der Waals surface area (Å²) in [6.07, 6.45) is 6.31. The number of carbonyl (C=O) groups excluding carboxylic acids is 2. The normalized spacial score (nSPS) is 27.6. The number of para-hydroxylation sites is 1. The zero-order valence-corrected chi connectivity index (χ0v) is 16.3. The number of hydrogen-bond donors (Lipinski definition) is 1. The van der Waals surface area contributed by atoms with Crippen LogP contribution in [0.2, 0.25) is 0 Å². The lowest BCUT2D eigenvalue weighted by molar-refractivity contribution is -0.145. The topological polar surface area (TPSA) is 61.9 Å². The number of anilines is 1. The van der Waals surface area contributed by atoms with Gasteiger partial charge in [-0.05, 0) is 31.4 Å². The van der Waals surface area contributed by atoms with Crippen LogP contribution in [0.5, 0.6) is 0 Å². The van der Waals surface area contributed by atoms with Gasteiger partial charge in [-0.2, -0.15) is 0 Å². The first kappa shape index (κ1) is 19.0. The summed E-state index contributed by atoms with van der Waals surface area (Å²) in [4.78, 5) is 30.2. The third-order valence-corrected chi connectivity index (χ3v) is 6.07. The van der Waals surface area contributed by atoms with E-state index in [1.165, 1.54) is 5.69 Å². The summed E-state index contributed by atoms with van der Waals surface area (Å²) < 4.78 is 5.35. The van der Waals surface area contributed by atoms with Crippen LogP contribution in [0.4, 0.5) is 5.69 Å². The Kier molecular flexibility index (Phi) is 5.95. The molecule has 150 valence electrons. The molecule has 1 aromatic carbocycles. The minimum atomic E-state index is -0.272. The highest BCUT2D eigenvalue weighted by Crippen LogP contribution is 2.29. The number of benzene rings is 1. The quantitative estimate of drug-likeness (QED) is 0.806. The molecule has 1 aromatic rings. The molecule has 1 aliphatic carbocycles. The van der Waals surface area contributed by atoms with Gasteiger partial charge in [0.15, 0.2) is 0 Å². The molecule has 4 rings (SSSR count). The molecule has 2 saturated heterocycles. The molecule has 6 heteroatoms. The summed E-state index contributed by atoms with van der Waals surface area (Å²) >= 11 is 0. The van der Waals surface area contributed by atoms with Crippen molar-refractivity contribution in [2.24, 2.45) is 11.8 Å². The van der Waals surface area contributed by atoms with Gasteiger partial charge in [-0.25, -0.2) is 0 Å². The third kappa shape index (κ3) is 4.22. The molecule has 28 heavy (non-hydrogen) atoms. The minimum absolute atomic E-state index is 0.0240. The number of morpholine rings is 1. The predicted octanol–water partition coefficient (Wildman–Crippen LogP) is 1.82. The number of ether oxygens (including phenoxy) is 1. The Bertz CT molecular complexity index is 715. The SMILES string of the molecule is O=C(N[C@@H]1CCN(c2ccccc2)C1)[C@@H]1CC=CC[C@H]1C(=O)N1CCOCC1. The first-order chi connectivity index (χ1) is 13.7. The second-order valence-corrected chi connectivity index (χ2v) is 7.87. The fourth-order valence-corrected chi connectivity index (χ4v) is 4.45. The number of hydrogen-bond acceptors (Lipinski definition) is 4. The third-order valence-electron chi connectivity index (χ3n) is 6.07. The van der Waals surface area contributed by atoms with Crippen molar-refractivity contribution in [3.8, 4) is 0 Å². The zero-order valence-electron chi connectivity index (χ0n) is 16.3. The molecule has 2 fully saturated rings. The first-order valence-corrected chi connectivity index (χ1v) is 10.3. The summed E-state index contributed by atoms with van der Waals surface area (Å²) in [5.74, 6) is -0.401. The van der Waals surface area contributed by atoms with E-state index in [4.69, 9.17) is 4.74 Å². The Labute approximate surface area is 166 Å². The van der Waals surface area contributed by atoms with Crippen LogP contribution in [0.3, 0.4) is 0 Å². The largest absolute Gasteiger partial charge is 0.378 e. The van der Waals surface area contributed by atoms with Crippen LogP contribution in [0.1, 0.15) is 19.3 Å². The van der Waals surface area contributed by atoms with Gasteiger partial charge in [0.25, 0.3) is 0 Å². The standard InChI is InChI=1S/C22H29N3O3/c26-21(23-17-10-11-25(16-17)18-6-2-1-3-7-18)19-8-4-5-9-20(19)22(27)24-12-14-28-15-13-24/h1-7,17,19-20H,8-16H2,(H,23,26)/t17-,19-,20-/m1/s1. The summed E-state index contributed by atoms with van der Waals surface area (Å²) in [7, 11) is 0. The molecule has 3 atom stereocenters. The van der Waals surface area contributed by atoms with Gasteiger partial charge in [-0.3, -0.25) is 9.59 Å². The molecule has 0 aromatic heterocycles. The molecular weight excluding hydrogens is 354 g/mol. The van der Waals surface area contributed by atoms with E-state index in [9.17, 15) is 9.59 Å². The van der Waals surface area contributed by atoms with Gasteiger partial charge in [0.05, 0.1) is 25.0 Å². The molecule has 2 heterocycles. The maximum absolute atomic E-state index is 13.0. The van der Waals surface area contributed by atoms with Gasteiger partial charge in [-0.15, -0.1) is 0 Å². The second kappa shape index (κ2) is 8.78. The second-order valence-electron chi connectivity index (χ2n) is 7.87. The summed E-state index contributed by atoms with van der Waals surface area (Å²) in [5.41, 5.74) is 1.19. The number of amides is 2. The van der Waals surface area contributed by atoms with Crippen molar-refractivity contribution in [3.63, 3.8) is 0 Å². The van der Waals surface area contributed by atoms with Gasteiger partial charge in [0.1, 0.15) is 0 Å². The van der Waals surface area contributed by atoms with E-state index < -0.39 is 0 Å². The molecule has 3 aliphatic rings. The maximum Gasteiger partial charge on any atom is 0.226 e. The molecule has 0 unspecified atom stereocenters. The lowest BCUT2D eigenvalue weighted by Crippen LogP contribution is -2.49. The van der Waals surface area contributed by atoms with E-state index in [0.717, 1.165) is 19.5 Å². The van der Waals surface area contributed by atoms with Crippen LogP contribution in [0, 0.1) is 11.8 Å². The highest BCUT2D eigenvalue weighted by molar-refractivity contribution is 5.88. The maximum atomic E-state index is 13.0. The van der Waals surface area contributed by atoms with E-state index in [1.54, 1.807) is 0 Å². The number of carbonyl (C=O) groups is 2. The highest BCUT2D eigenvalue weighted by Gasteiger charge is 2.38. The van der Waals surface area contributed by atoms with Gasteiger partial charge in [0, 0.05) is 37.9 Å². The monoisotopic (exact) mass is 383 g/mol. The van der Waals surface area contributed by atoms with Crippen LogP contribution >= 0.6 is 0 Å². The van der Waals surface area contributed by atoms with Gasteiger partial charge in [0.2, 0.25) is 11.8 Å². The highest BCUT2D eigenvalue weighted by atomic mass is 16.5. The fourth-order valence-electron chi connectivity index (χ4n) is 4.45. The molecule has 0 bridgehead atoms. The Hall–Kier alpha value is -2.34. The van der Waals surface area contributed by atoms with E-state index in [2.05, 4.69) is 22.3 Å². The van der Waals surface area contributed by atoms with Gasteiger partial charge < -0.3 is 19.9 Å². The summed E-state index contributed by atoms with van der Waals surface area (Å²) in [6.45, 7) is 4.19. The lowest BCUT2D eigenvalue weighted by atomic mass is 9.81. The van der Waals surface area contributed by atoms with E-state index in [1.807, 2.05) is 35.3 Å². The average molecular weight is 383 g/mol. The smallest absolute Gasteiger partial charge is 0.226 e. The van der Waals surface area contributed by atoms with E-state index >= 15 is 0 Å². The van der Waals surface area contributed by atoms with E-state index in [-0.39, 0.29) is 29.7 Å². The van der Waals surface area contributed by atoms with Crippen molar-refractivity contribution in [3.05, 3.63) is 42.5 Å². The first-order valence-electron chi connectivity index (χ1n) is 10.3. The van der Waals surface area contributed by atoms with Crippen LogP contribution in [0.15, 0.2) is 42.5 Å². The Morgan fingerprint density at radius 1 is 0.964 bits per heavy atom. The fraction of sp³-hybridized carbons (Fsp3) is 0.545. The van der Waals surface area contributed by atoms with Crippen molar-refractivity contribution in [1.82, 2.24) is 10.2 Å². The Morgan fingerprint density at radius 3 is 2.43 bits per heavy atom. The number of nitrogens with zero attached hydrogens (tertiary/aromatic N) is 2. The van der Waals surface area contributed by atoms with Crippen molar-refractivity contribution >= 4 is 17.5 Å². The Balaban J connectivity index is 1.36. The minimum Gasteiger partial charge on any atom is -0.378 e. The molecule has 2 amide bonds. The van der Waals surface area contributed by atoms with Crippen LogP contribution in [0.25, 0.3) is 0 Å². The molecule has 1 N–H and O–H groups in total. The number of rotatable bonds is 4. The Morgan fingerprint density at radius 2 is 1.68 bits per heavy atom. The molecule has 0 spiro atoms. The van der Waals surface area contributed by atoms with Gasteiger partial charge >= 0.3 is 0 Å². The van der Waals surface area contributed by atoms with Crippen LogP contribution in [-0.4, -0.2) is 62.1 Å². The molecule has 0 radical (unpaired) electrons. The number of nitrogens with one attached hydrogen (secondary N) is 1. The molecular formula is C22H29N3O3. The van der Waals surface area contributed by atoms with Crippen LogP contribution < -0.4 is 10.2 Å². The van der Waals surface area contributed by atoms with Crippen molar-refractivity contribution in [2.75, 3.05) is 44.3 Å². The number of allylic oxidation sites excluding steroid dienone is 2. The van der Waals surface area contributed by atoms with Crippen LogP contribution in [-0.2, 0) is 14.3 Å². The van der Waals surface area contributed by atoms with E-state index in [0.29, 0.717) is 39.1 Å². The summed E-state index contributed by atoms with van der Waals surface area (Å²) in [5, 5.41) is 3.23. The van der Waals surface area contributed by atoms with Crippen molar-refractivity contribution in [1.29, 1.82) is 0 Å². The summed E-state index contributed by atoms with van der Waals surface area (Å²) in [6, 6.07) is 10.4. The zero-order chi connectivity index (χ0) is 19.3. The molecule has 0 saturated carbocycles. The molecule has 2 aliphatic heterocycles. The van der Waals surface area contributed by atoms with Crippen molar-refractivity contribution in [2.45, 2.75) is 25.3 Å². The predicted molar refractivity (Wildman–Crippen MR) is 108 cm³/mol. The molecule has 6 nitrogen and oxygen atoms in total. The van der Waals surface area contributed by atoms with Crippen molar-refractivity contribution < 1.29 is 14.3 Å². The van der Waals surface area contributed by atoms with Gasteiger partial charge in [-0.1, -0.05) is 30.4 Å².